The highest BCUT2D eigenvalue weighted by atomic mass is 32.1. The normalized spacial score (nSPS) is 10.0. The number of nitrogens with zero attached hydrogens (tertiary/aromatic N) is 1. The lowest BCUT2D eigenvalue weighted by Gasteiger charge is -2.10. The van der Waals surface area contributed by atoms with Gasteiger partial charge in [0, 0.05) is 5.69 Å². The van der Waals surface area contributed by atoms with Gasteiger partial charge in [0.15, 0.2) is 5.11 Å². The SMILES string of the molecule is N#Cc1ccc(NC(=S)NC(=O)Cc2cccc3ccccc23)cc1. The fraction of sp³-hybridized carbons (Fsp3) is 0.0500. The first-order chi connectivity index (χ1) is 12.2. The van der Waals surface area contributed by atoms with E-state index in [9.17, 15) is 4.79 Å². The first-order valence-corrected chi connectivity index (χ1v) is 8.14. The summed E-state index contributed by atoms with van der Waals surface area (Å²) >= 11 is 5.18. The number of hydrogen-bond acceptors (Lipinski definition) is 3. The molecule has 3 aromatic rings. The van der Waals surface area contributed by atoms with Gasteiger partial charge < -0.3 is 10.6 Å². The maximum Gasteiger partial charge on any atom is 0.230 e. The second-order valence-electron chi connectivity index (χ2n) is 5.51. The molecule has 25 heavy (non-hydrogen) atoms. The number of carbonyl (C=O) groups is 1. The van der Waals surface area contributed by atoms with Crippen molar-refractivity contribution >= 4 is 39.7 Å². The molecule has 0 fully saturated rings. The average Bonchev–Trinajstić information content (AvgIpc) is 2.62. The molecule has 0 saturated heterocycles. The van der Waals surface area contributed by atoms with E-state index in [0.29, 0.717) is 5.56 Å². The van der Waals surface area contributed by atoms with Gasteiger partial charge in [-0.3, -0.25) is 4.79 Å². The lowest BCUT2D eigenvalue weighted by Crippen LogP contribution is -2.35. The van der Waals surface area contributed by atoms with Crippen LogP contribution in [0.15, 0.2) is 66.7 Å². The van der Waals surface area contributed by atoms with E-state index in [4.69, 9.17) is 17.5 Å². The van der Waals surface area contributed by atoms with E-state index in [1.54, 1.807) is 24.3 Å². The number of rotatable bonds is 3. The minimum atomic E-state index is -0.178. The van der Waals surface area contributed by atoms with Crippen molar-refractivity contribution < 1.29 is 4.79 Å². The molecule has 0 unspecified atom stereocenters. The summed E-state index contributed by atoms with van der Waals surface area (Å²) in [5, 5.41) is 16.8. The first kappa shape index (κ1) is 16.6. The summed E-state index contributed by atoms with van der Waals surface area (Å²) in [4.78, 5) is 12.3. The van der Waals surface area contributed by atoms with Crippen LogP contribution in [0.25, 0.3) is 10.8 Å². The number of benzene rings is 3. The number of nitriles is 1. The van der Waals surface area contributed by atoms with Crippen LogP contribution < -0.4 is 10.6 Å². The number of nitrogens with one attached hydrogen (secondary N) is 2. The van der Waals surface area contributed by atoms with Gasteiger partial charge in [-0.2, -0.15) is 5.26 Å². The third-order valence-electron chi connectivity index (χ3n) is 3.76. The largest absolute Gasteiger partial charge is 0.332 e. The van der Waals surface area contributed by atoms with Crippen molar-refractivity contribution in [3.63, 3.8) is 0 Å². The Balaban J connectivity index is 1.63. The highest BCUT2D eigenvalue weighted by Crippen LogP contribution is 2.18. The minimum Gasteiger partial charge on any atom is -0.332 e. The quantitative estimate of drug-likeness (QED) is 0.709. The molecule has 122 valence electrons. The molecule has 4 nitrogen and oxygen atoms in total. The molecule has 0 radical (unpaired) electrons. The van der Waals surface area contributed by atoms with Crippen LogP contribution in [0.2, 0.25) is 0 Å². The summed E-state index contributed by atoms with van der Waals surface area (Å²) in [6.45, 7) is 0. The Morgan fingerprint density at radius 3 is 2.48 bits per heavy atom. The van der Waals surface area contributed by atoms with Gasteiger partial charge in [0.05, 0.1) is 18.1 Å². The smallest absolute Gasteiger partial charge is 0.230 e. The second kappa shape index (κ2) is 7.56. The molecule has 0 heterocycles. The standard InChI is InChI=1S/C20H15N3OS/c21-13-14-8-10-17(11-9-14)22-20(25)23-19(24)12-16-6-3-5-15-4-1-2-7-18(15)16/h1-11H,12H2,(H2,22,23,24,25). The summed E-state index contributed by atoms with van der Waals surface area (Å²) in [6, 6.07) is 22.8. The van der Waals surface area contributed by atoms with Gasteiger partial charge in [-0.05, 0) is 52.8 Å². The Kier molecular flexibility index (Phi) is 5.03. The van der Waals surface area contributed by atoms with Crippen molar-refractivity contribution in [3.05, 3.63) is 77.9 Å². The summed E-state index contributed by atoms with van der Waals surface area (Å²) in [5.41, 5.74) is 2.24. The van der Waals surface area contributed by atoms with Gasteiger partial charge in [0.2, 0.25) is 5.91 Å². The Bertz CT molecular complexity index is 969. The third-order valence-corrected chi connectivity index (χ3v) is 3.96. The number of anilines is 1. The van der Waals surface area contributed by atoms with Crippen LogP contribution in [0.4, 0.5) is 5.69 Å². The molecule has 0 aliphatic rings. The number of thiocarbonyl (C=S) groups is 1. The van der Waals surface area contributed by atoms with Gasteiger partial charge in [0.25, 0.3) is 0 Å². The zero-order valence-corrected chi connectivity index (χ0v) is 14.1. The fourth-order valence-corrected chi connectivity index (χ4v) is 2.81. The van der Waals surface area contributed by atoms with Gasteiger partial charge in [0.1, 0.15) is 0 Å². The van der Waals surface area contributed by atoms with Crippen LogP contribution in [0.3, 0.4) is 0 Å². The first-order valence-electron chi connectivity index (χ1n) is 7.73. The fourth-order valence-electron chi connectivity index (χ4n) is 2.58. The Hall–Kier alpha value is -3.23. The highest BCUT2D eigenvalue weighted by molar-refractivity contribution is 7.80. The topological polar surface area (TPSA) is 64.9 Å². The van der Waals surface area contributed by atoms with Crippen LogP contribution >= 0.6 is 12.2 Å². The highest BCUT2D eigenvalue weighted by Gasteiger charge is 2.09. The monoisotopic (exact) mass is 345 g/mol. The lowest BCUT2D eigenvalue weighted by molar-refractivity contribution is -0.119. The van der Waals surface area contributed by atoms with Crippen molar-refractivity contribution in [2.24, 2.45) is 0 Å². The van der Waals surface area contributed by atoms with E-state index in [1.165, 1.54) is 0 Å². The van der Waals surface area contributed by atoms with Crippen molar-refractivity contribution in [1.29, 1.82) is 5.26 Å². The van der Waals surface area contributed by atoms with E-state index in [1.807, 2.05) is 42.5 Å². The van der Waals surface area contributed by atoms with E-state index in [0.717, 1.165) is 22.0 Å². The summed E-state index contributed by atoms with van der Waals surface area (Å²) in [6.07, 6.45) is 0.247. The third kappa shape index (κ3) is 4.19. The molecule has 3 aromatic carbocycles. The van der Waals surface area contributed by atoms with Crippen LogP contribution in [0, 0.1) is 11.3 Å². The van der Waals surface area contributed by atoms with E-state index in [-0.39, 0.29) is 17.4 Å². The molecule has 0 bridgehead atoms. The molecular weight excluding hydrogens is 330 g/mol. The molecular formula is C20H15N3OS. The summed E-state index contributed by atoms with van der Waals surface area (Å²) in [5.74, 6) is -0.178. The van der Waals surface area contributed by atoms with Gasteiger partial charge in [-0.1, -0.05) is 42.5 Å². The van der Waals surface area contributed by atoms with E-state index >= 15 is 0 Å². The molecule has 0 aromatic heterocycles. The van der Waals surface area contributed by atoms with Crippen LogP contribution in [0.1, 0.15) is 11.1 Å². The number of fused-ring (bicyclic) bond motifs is 1. The van der Waals surface area contributed by atoms with E-state index in [2.05, 4.69) is 16.7 Å². The molecule has 5 heteroatoms. The zero-order valence-electron chi connectivity index (χ0n) is 13.3. The zero-order chi connectivity index (χ0) is 17.6. The molecule has 2 N–H and O–H groups in total. The summed E-state index contributed by atoms with van der Waals surface area (Å²) < 4.78 is 0. The molecule has 3 rings (SSSR count). The number of hydrogen-bond donors (Lipinski definition) is 2. The van der Waals surface area contributed by atoms with Crippen LogP contribution in [-0.4, -0.2) is 11.0 Å². The molecule has 0 atom stereocenters. The number of amides is 1. The second-order valence-corrected chi connectivity index (χ2v) is 5.91. The minimum absolute atomic E-state index is 0.178. The Labute approximate surface area is 151 Å². The predicted molar refractivity (Wildman–Crippen MR) is 103 cm³/mol. The molecule has 0 aliphatic heterocycles. The van der Waals surface area contributed by atoms with Gasteiger partial charge >= 0.3 is 0 Å². The molecule has 1 amide bonds. The molecule has 0 aliphatic carbocycles. The van der Waals surface area contributed by atoms with Gasteiger partial charge in [-0.25, -0.2) is 0 Å². The Morgan fingerprint density at radius 1 is 1.00 bits per heavy atom. The van der Waals surface area contributed by atoms with Crippen molar-refractivity contribution in [2.75, 3.05) is 5.32 Å². The lowest BCUT2D eigenvalue weighted by atomic mass is 10.0. The van der Waals surface area contributed by atoms with Crippen LogP contribution in [-0.2, 0) is 11.2 Å². The number of carbonyl (C=O) groups excluding carboxylic acids is 1. The van der Waals surface area contributed by atoms with Crippen molar-refractivity contribution in [2.45, 2.75) is 6.42 Å². The maximum atomic E-state index is 12.3. The predicted octanol–water partition coefficient (Wildman–Crippen LogP) is 3.77. The van der Waals surface area contributed by atoms with E-state index < -0.39 is 0 Å². The Morgan fingerprint density at radius 2 is 1.72 bits per heavy atom. The molecule has 0 spiro atoms. The molecule has 0 saturated carbocycles. The van der Waals surface area contributed by atoms with Crippen molar-refractivity contribution in [3.8, 4) is 6.07 Å². The van der Waals surface area contributed by atoms with Crippen molar-refractivity contribution in [1.82, 2.24) is 5.32 Å². The average molecular weight is 345 g/mol. The summed E-state index contributed by atoms with van der Waals surface area (Å²) in [7, 11) is 0. The van der Waals surface area contributed by atoms with Crippen LogP contribution in [0.5, 0.6) is 0 Å². The van der Waals surface area contributed by atoms with Gasteiger partial charge in [-0.15, -0.1) is 0 Å². The maximum absolute atomic E-state index is 12.3.